The molecule has 1 amide bonds. The molecular formula is C11H12F3N7O2. The fraction of sp³-hybridized carbons (Fsp3) is 0.455. The number of aromatic nitrogens is 6. The normalized spacial score (nSPS) is 12.7. The van der Waals surface area contributed by atoms with Gasteiger partial charge < -0.3 is 10.1 Å². The number of hydrogen-bond donors (Lipinski definition) is 1. The van der Waals surface area contributed by atoms with Crippen LogP contribution in [0.4, 0.5) is 13.2 Å². The van der Waals surface area contributed by atoms with E-state index in [2.05, 4.69) is 35.8 Å². The van der Waals surface area contributed by atoms with Crippen molar-refractivity contribution in [2.45, 2.75) is 19.1 Å². The number of hydrogen-bond acceptors (Lipinski definition) is 7. The minimum atomic E-state index is -4.47. The third-order valence-electron chi connectivity index (χ3n) is 2.64. The molecule has 0 aromatic carbocycles. The van der Waals surface area contributed by atoms with Gasteiger partial charge in [0.2, 0.25) is 5.88 Å². The summed E-state index contributed by atoms with van der Waals surface area (Å²) < 4.78 is 41.8. The molecule has 12 heteroatoms. The molecule has 124 valence electrons. The van der Waals surface area contributed by atoms with Crippen molar-refractivity contribution in [2.75, 3.05) is 6.61 Å². The van der Waals surface area contributed by atoms with E-state index in [4.69, 9.17) is 0 Å². The Morgan fingerprint density at radius 3 is 2.61 bits per heavy atom. The first-order valence-electron chi connectivity index (χ1n) is 6.32. The molecule has 0 saturated carbocycles. The molecule has 9 nitrogen and oxygen atoms in total. The van der Waals surface area contributed by atoms with Crippen molar-refractivity contribution in [1.29, 1.82) is 0 Å². The molecule has 2 aromatic rings. The zero-order chi connectivity index (χ0) is 17.0. The largest absolute Gasteiger partial charge is 0.467 e. The zero-order valence-corrected chi connectivity index (χ0v) is 12.1. The second kappa shape index (κ2) is 6.54. The average Bonchev–Trinajstić information content (AvgIpc) is 2.91. The molecular weight excluding hydrogens is 319 g/mol. The van der Waals surface area contributed by atoms with Gasteiger partial charge in [0.25, 0.3) is 5.91 Å². The highest BCUT2D eigenvalue weighted by atomic mass is 19.4. The lowest BCUT2D eigenvalue weighted by Crippen LogP contribution is -2.29. The van der Waals surface area contributed by atoms with E-state index in [1.165, 1.54) is 10.7 Å². The lowest BCUT2D eigenvalue weighted by molar-refractivity contribution is -0.154. The molecule has 1 atom stereocenters. The number of ether oxygens (including phenoxy) is 1. The highest BCUT2D eigenvalue weighted by molar-refractivity contribution is 5.92. The van der Waals surface area contributed by atoms with Crippen LogP contribution in [0, 0.1) is 0 Å². The molecule has 0 fully saturated rings. The van der Waals surface area contributed by atoms with E-state index in [1.54, 1.807) is 14.0 Å². The monoisotopic (exact) mass is 331 g/mol. The summed E-state index contributed by atoms with van der Waals surface area (Å²) >= 11 is 0. The SMILES string of the molecule is C[C@@H](NC(=O)c1ccc(OCC(F)(F)F)nn1)c1nnnn1C. The van der Waals surface area contributed by atoms with Crippen molar-refractivity contribution in [3.8, 4) is 5.88 Å². The summed E-state index contributed by atoms with van der Waals surface area (Å²) in [6.07, 6.45) is -4.47. The van der Waals surface area contributed by atoms with Crippen LogP contribution >= 0.6 is 0 Å². The molecule has 23 heavy (non-hydrogen) atoms. The number of tetrazole rings is 1. The van der Waals surface area contributed by atoms with E-state index in [0.29, 0.717) is 5.82 Å². The molecule has 0 saturated heterocycles. The van der Waals surface area contributed by atoms with Gasteiger partial charge in [0.15, 0.2) is 18.1 Å². The summed E-state index contributed by atoms with van der Waals surface area (Å²) in [5.74, 6) is -0.476. The Bertz CT molecular complexity index is 671. The van der Waals surface area contributed by atoms with Crippen LogP contribution in [0.2, 0.25) is 0 Å². The van der Waals surface area contributed by atoms with Crippen molar-refractivity contribution in [3.63, 3.8) is 0 Å². The van der Waals surface area contributed by atoms with Crippen LogP contribution in [0.5, 0.6) is 5.88 Å². The first-order valence-corrected chi connectivity index (χ1v) is 6.32. The minimum absolute atomic E-state index is 0.0775. The average molecular weight is 331 g/mol. The number of aryl methyl sites for hydroxylation is 1. The van der Waals surface area contributed by atoms with Gasteiger partial charge in [-0.05, 0) is 23.4 Å². The fourth-order valence-corrected chi connectivity index (χ4v) is 1.61. The second-order valence-corrected chi connectivity index (χ2v) is 4.52. The van der Waals surface area contributed by atoms with E-state index in [9.17, 15) is 18.0 Å². The van der Waals surface area contributed by atoms with Gasteiger partial charge in [-0.1, -0.05) is 0 Å². The summed E-state index contributed by atoms with van der Waals surface area (Å²) in [5, 5.41) is 20.4. The standard InChI is InChI=1S/C11H12F3N7O2/c1-6(9-18-19-20-21(9)2)15-10(22)7-3-4-8(17-16-7)23-5-11(12,13)14/h3-4,6H,5H2,1-2H3,(H,15,22)/t6-/m1/s1. The van der Waals surface area contributed by atoms with E-state index in [-0.39, 0.29) is 11.6 Å². The van der Waals surface area contributed by atoms with E-state index in [1.807, 2.05) is 0 Å². The predicted molar refractivity (Wildman–Crippen MR) is 68.3 cm³/mol. The van der Waals surface area contributed by atoms with Gasteiger partial charge in [-0.2, -0.15) is 13.2 Å². The number of nitrogens with one attached hydrogen (secondary N) is 1. The highest BCUT2D eigenvalue weighted by Crippen LogP contribution is 2.16. The maximum atomic E-state index is 12.0. The summed E-state index contributed by atoms with van der Waals surface area (Å²) in [6.45, 7) is 0.182. The van der Waals surface area contributed by atoms with Crippen LogP contribution in [0.1, 0.15) is 29.3 Å². The number of amides is 1. The highest BCUT2D eigenvalue weighted by Gasteiger charge is 2.28. The summed E-state index contributed by atoms with van der Waals surface area (Å²) in [4.78, 5) is 12.0. The molecule has 0 unspecified atom stereocenters. The Labute approximate surface area is 127 Å². The molecule has 0 bridgehead atoms. The first-order chi connectivity index (χ1) is 10.8. The second-order valence-electron chi connectivity index (χ2n) is 4.52. The molecule has 0 aliphatic carbocycles. The van der Waals surface area contributed by atoms with Crippen molar-refractivity contribution in [2.24, 2.45) is 7.05 Å². The smallest absolute Gasteiger partial charge is 0.422 e. The van der Waals surface area contributed by atoms with Gasteiger partial charge >= 0.3 is 6.18 Å². The van der Waals surface area contributed by atoms with Gasteiger partial charge in [0, 0.05) is 13.1 Å². The van der Waals surface area contributed by atoms with Crippen molar-refractivity contribution in [3.05, 3.63) is 23.7 Å². The Morgan fingerprint density at radius 1 is 1.35 bits per heavy atom. The zero-order valence-electron chi connectivity index (χ0n) is 12.1. The Kier molecular flexibility index (Phi) is 4.71. The Hall–Kier alpha value is -2.79. The van der Waals surface area contributed by atoms with Gasteiger partial charge in [-0.25, -0.2) is 4.68 Å². The third kappa shape index (κ3) is 4.59. The van der Waals surface area contributed by atoms with Gasteiger partial charge in [0.1, 0.15) is 0 Å². The van der Waals surface area contributed by atoms with Crippen LogP contribution in [-0.2, 0) is 7.05 Å². The molecule has 0 radical (unpaired) electrons. The topological polar surface area (TPSA) is 108 Å². The van der Waals surface area contributed by atoms with Crippen LogP contribution in [0.3, 0.4) is 0 Å². The van der Waals surface area contributed by atoms with Crippen LogP contribution < -0.4 is 10.1 Å². The quantitative estimate of drug-likeness (QED) is 0.846. The third-order valence-corrected chi connectivity index (χ3v) is 2.64. The Balaban J connectivity index is 1.96. The molecule has 0 aliphatic heterocycles. The van der Waals surface area contributed by atoms with Gasteiger partial charge in [0.05, 0.1) is 6.04 Å². The fourth-order valence-electron chi connectivity index (χ4n) is 1.61. The van der Waals surface area contributed by atoms with Crippen LogP contribution in [0.15, 0.2) is 12.1 Å². The molecule has 2 rings (SSSR count). The van der Waals surface area contributed by atoms with Crippen LogP contribution in [-0.4, -0.2) is 49.1 Å². The minimum Gasteiger partial charge on any atom is -0.467 e. The number of alkyl halides is 3. The summed E-state index contributed by atoms with van der Waals surface area (Å²) in [6, 6.07) is 1.84. The predicted octanol–water partition coefficient (Wildman–Crippen LogP) is 0.432. The van der Waals surface area contributed by atoms with Gasteiger partial charge in [-0.15, -0.1) is 15.3 Å². The maximum Gasteiger partial charge on any atom is 0.422 e. The van der Waals surface area contributed by atoms with Crippen molar-refractivity contribution < 1.29 is 22.7 Å². The Morgan fingerprint density at radius 2 is 2.09 bits per heavy atom. The summed E-state index contributed by atoms with van der Waals surface area (Å²) in [5.41, 5.74) is -0.0775. The summed E-state index contributed by atoms with van der Waals surface area (Å²) in [7, 11) is 1.62. The van der Waals surface area contributed by atoms with E-state index >= 15 is 0 Å². The van der Waals surface area contributed by atoms with Crippen LogP contribution in [0.25, 0.3) is 0 Å². The molecule has 0 spiro atoms. The molecule has 2 aromatic heterocycles. The number of halogens is 3. The van der Waals surface area contributed by atoms with Crippen molar-refractivity contribution in [1.82, 2.24) is 35.7 Å². The van der Waals surface area contributed by atoms with E-state index in [0.717, 1.165) is 6.07 Å². The lowest BCUT2D eigenvalue weighted by atomic mass is 10.3. The number of nitrogens with zero attached hydrogens (tertiary/aromatic N) is 6. The van der Waals surface area contributed by atoms with Gasteiger partial charge in [-0.3, -0.25) is 4.79 Å². The molecule has 1 N–H and O–H groups in total. The maximum absolute atomic E-state index is 12.0. The number of rotatable bonds is 5. The first kappa shape index (κ1) is 16.6. The van der Waals surface area contributed by atoms with Crippen molar-refractivity contribution >= 4 is 5.91 Å². The molecule has 2 heterocycles. The lowest BCUT2D eigenvalue weighted by Gasteiger charge is -2.11. The number of carbonyl (C=O) groups excluding carboxylic acids is 1. The number of carbonyl (C=O) groups is 1. The van der Waals surface area contributed by atoms with E-state index < -0.39 is 24.7 Å². The molecule has 0 aliphatic rings.